The molecule has 84 valence electrons. The van der Waals surface area contributed by atoms with Crippen LogP contribution in [0.2, 0.25) is 0 Å². The van der Waals surface area contributed by atoms with E-state index in [9.17, 15) is 4.79 Å². The van der Waals surface area contributed by atoms with E-state index < -0.39 is 0 Å². The molecule has 2 atom stereocenters. The highest BCUT2D eigenvalue weighted by molar-refractivity contribution is 7.07. The van der Waals surface area contributed by atoms with Gasteiger partial charge >= 0.3 is 4.87 Å². The Labute approximate surface area is 93.9 Å². The van der Waals surface area contributed by atoms with Crippen LogP contribution in [0.15, 0.2) is 10.2 Å². The Balaban J connectivity index is 1.84. The van der Waals surface area contributed by atoms with Crippen molar-refractivity contribution in [3.8, 4) is 0 Å². The number of rotatable bonds is 3. The molecule has 4 heteroatoms. The minimum Gasteiger partial charge on any atom is -0.315 e. The first-order valence-electron chi connectivity index (χ1n) is 5.66. The normalized spacial score (nSPS) is 26.7. The summed E-state index contributed by atoms with van der Waals surface area (Å²) in [5, 5.41) is 5.44. The largest absolute Gasteiger partial charge is 0.315 e. The van der Waals surface area contributed by atoms with Gasteiger partial charge in [-0.2, -0.15) is 0 Å². The van der Waals surface area contributed by atoms with Crippen molar-refractivity contribution in [3.05, 3.63) is 20.7 Å². The second-order valence-electron chi connectivity index (χ2n) is 4.42. The Bertz CT molecular complexity index is 357. The van der Waals surface area contributed by atoms with Gasteiger partial charge in [-0.3, -0.25) is 4.79 Å². The zero-order valence-corrected chi connectivity index (χ0v) is 9.90. The molecule has 0 saturated heterocycles. The van der Waals surface area contributed by atoms with Crippen molar-refractivity contribution in [2.24, 2.45) is 5.92 Å². The second kappa shape index (κ2) is 4.94. The Morgan fingerprint density at radius 2 is 2.33 bits per heavy atom. The summed E-state index contributed by atoms with van der Waals surface area (Å²) in [5.74, 6) is 0.768. The van der Waals surface area contributed by atoms with Crippen LogP contribution < -0.4 is 10.2 Å². The molecule has 1 aromatic heterocycles. The first-order valence-corrected chi connectivity index (χ1v) is 6.54. The van der Waals surface area contributed by atoms with Crippen molar-refractivity contribution in [1.82, 2.24) is 10.3 Å². The molecule has 1 aliphatic rings. The summed E-state index contributed by atoms with van der Waals surface area (Å²) in [5.41, 5.74) is 1.02. The van der Waals surface area contributed by atoms with E-state index in [2.05, 4.69) is 17.2 Å². The van der Waals surface area contributed by atoms with Gasteiger partial charge in [0.2, 0.25) is 0 Å². The lowest BCUT2D eigenvalue weighted by molar-refractivity contribution is 0.279. The molecule has 15 heavy (non-hydrogen) atoms. The molecule has 3 nitrogen and oxygen atoms in total. The summed E-state index contributed by atoms with van der Waals surface area (Å²) in [6, 6.07) is 0.627. The van der Waals surface area contributed by atoms with Crippen molar-refractivity contribution < 1.29 is 0 Å². The summed E-state index contributed by atoms with van der Waals surface area (Å²) in [4.78, 5) is 13.8. The predicted octanol–water partition coefficient (Wildman–Crippen LogP) is 2.10. The van der Waals surface area contributed by atoms with Crippen molar-refractivity contribution in [3.63, 3.8) is 0 Å². The van der Waals surface area contributed by atoms with E-state index >= 15 is 0 Å². The van der Waals surface area contributed by atoms with Gasteiger partial charge in [0.25, 0.3) is 0 Å². The van der Waals surface area contributed by atoms with Crippen LogP contribution in [0.25, 0.3) is 0 Å². The highest BCUT2D eigenvalue weighted by atomic mass is 32.1. The molecule has 0 spiro atoms. The lowest BCUT2D eigenvalue weighted by Gasteiger charge is -2.29. The third-order valence-electron chi connectivity index (χ3n) is 3.24. The van der Waals surface area contributed by atoms with E-state index in [1.165, 1.54) is 37.0 Å². The SMILES string of the molecule is CC1CCCCC1NCc1csc(=O)[nH]1. The quantitative estimate of drug-likeness (QED) is 0.829. The van der Waals surface area contributed by atoms with Crippen LogP contribution >= 0.6 is 11.3 Å². The van der Waals surface area contributed by atoms with E-state index in [4.69, 9.17) is 0 Å². The molecule has 2 unspecified atom stereocenters. The molecule has 0 aromatic carbocycles. The number of nitrogens with one attached hydrogen (secondary N) is 2. The molecule has 1 aromatic rings. The van der Waals surface area contributed by atoms with E-state index in [1.807, 2.05) is 5.38 Å². The Morgan fingerprint density at radius 1 is 1.53 bits per heavy atom. The third kappa shape index (κ3) is 2.92. The first-order chi connectivity index (χ1) is 7.25. The molecule has 1 fully saturated rings. The first kappa shape index (κ1) is 10.9. The maximum atomic E-state index is 10.9. The van der Waals surface area contributed by atoms with Crippen LogP contribution in [0.1, 0.15) is 38.3 Å². The van der Waals surface area contributed by atoms with Gasteiger partial charge in [-0.05, 0) is 18.8 Å². The average Bonchev–Trinajstić information content (AvgIpc) is 2.63. The minimum atomic E-state index is 0.0449. The fourth-order valence-electron chi connectivity index (χ4n) is 2.26. The summed E-state index contributed by atoms with van der Waals surface area (Å²) < 4.78 is 0. The van der Waals surface area contributed by atoms with E-state index in [0.717, 1.165) is 18.2 Å². The minimum absolute atomic E-state index is 0.0449. The van der Waals surface area contributed by atoms with Crippen LogP contribution in [-0.4, -0.2) is 11.0 Å². The van der Waals surface area contributed by atoms with Crippen molar-refractivity contribution >= 4 is 11.3 Å². The molecular formula is C11H18N2OS. The van der Waals surface area contributed by atoms with Gasteiger partial charge in [0.1, 0.15) is 0 Å². The zero-order valence-electron chi connectivity index (χ0n) is 9.08. The van der Waals surface area contributed by atoms with E-state index in [-0.39, 0.29) is 4.87 Å². The van der Waals surface area contributed by atoms with Crippen LogP contribution in [0.5, 0.6) is 0 Å². The number of aromatic nitrogens is 1. The lowest BCUT2D eigenvalue weighted by Crippen LogP contribution is -2.36. The molecule has 0 aliphatic heterocycles. The second-order valence-corrected chi connectivity index (χ2v) is 5.26. The average molecular weight is 226 g/mol. The van der Waals surface area contributed by atoms with Crippen LogP contribution in [0.3, 0.4) is 0 Å². The van der Waals surface area contributed by atoms with E-state index in [0.29, 0.717) is 6.04 Å². The molecule has 0 amide bonds. The molecule has 2 rings (SSSR count). The molecular weight excluding hydrogens is 208 g/mol. The number of aromatic amines is 1. The van der Waals surface area contributed by atoms with E-state index in [1.54, 1.807) is 0 Å². The van der Waals surface area contributed by atoms with Gasteiger partial charge in [0.15, 0.2) is 0 Å². The van der Waals surface area contributed by atoms with Gasteiger partial charge in [0.05, 0.1) is 0 Å². The maximum absolute atomic E-state index is 10.9. The Kier molecular flexibility index (Phi) is 3.59. The monoisotopic (exact) mass is 226 g/mol. The van der Waals surface area contributed by atoms with Gasteiger partial charge in [-0.25, -0.2) is 0 Å². The predicted molar refractivity (Wildman–Crippen MR) is 63.2 cm³/mol. The number of H-pyrrole nitrogens is 1. The summed E-state index contributed by atoms with van der Waals surface area (Å²) in [6.45, 7) is 3.11. The topological polar surface area (TPSA) is 44.9 Å². The number of hydrogen-bond acceptors (Lipinski definition) is 3. The van der Waals surface area contributed by atoms with Crippen molar-refractivity contribution in [1.29, 1.82) is 0 Å². The van der Waals surface area contributed by atoms with Gasteiger partial charge in [-0.1, -0.05) is 31.1 Å². The number of hydrogen-bond donors (Lipinski definition) is 2. The van der Waals surface area contributed by atoms with Crippen LogP contribution in [0.4, 0.5) is 0 Å². The van der Waals surface area contributed by atoms with Crippen molar-refractivity contribution in [2.75, 3.05) is 0 Å². The standard InChI is InChI=1S/C11H18N2OS/c1-8-4-2-3-5-10(8)12-6-9-7-15-11(14)13-9/h7-8,10,12H,2-6H2,1H3,(H,13,14). The number of thiazole rings is 1. The smallest absolute Gasteiger partial charge is 0.304 e. The maximum Gasteiger partial charge on any atom is 0.304 e. The summed E-state index contributed by atoms with van der Waals surface area (Å²) in [7, 11) is 0. The zero-order chi connectivity index (χ0) is 10.7. The van der Waals surface area contributed by atoms with Crippen molar-refractivity contribution in [2.45, 2.75) is 45.2 Å². The van der Waals surface area contributed by atoms with Gasteiger partial charge in [-0.15, -0.1) is 0 Å². The highest BCUT2D eigenvalue weighted by Gasteiger charge is 2.20. The lowest BCUT2D eigenvalue weighted by atomic mass is 9.86. The van der Waals surface area contributed by atoms with Gasteiger partial charge in [0, 0.05) is 23.7 Å². The summed E-state index contributed by atoms with van der Waals surface area (Å²) in [6.07, 6.45) is 5.31. The highest BCUT2D eigenvalue weighted by Crippen LogP contribution is 2.23. The molecule has 2 N–H and O–H groups in total. The van der Waals surface area contributed by atoms with Crippen LogP contribution in [0, 0.1) is 5.92 Å². The fraction of sp³-hybridized carbons (Fsp3) is 0.727. The molecule has 1 aliphatic carbocycles. The van der Waals surface area contributed by atoms with Crippen LogP contribution in [-0.2, 0) is 6.54 Å². The molecule has 0 bridgehead atoms. The molecule has 1 saturated carbocycles. The Hall–Kier alpha value is -0.610. The van der Waals surface area contributed by atoms with Gasteiger partial charge < -0.3 is 10.3 Å². The summed E-state index contributed by atoms with van der Waals surface area (Å²) >= 11 is 1.24. The molecule has 1 heterocycles. The third-order valence-corrected chi connectivity index (χ3v) is 3.96. The molecule has 0 radical (unpaired) electrons. The fourth-order valence-corrected chi connectivity index (χ4v) is 2.84. The Morgan fingerprint density at radius 3 is 3.00 bits per heavy atom.